The Morgan fingerprint density at radius 1 is 1.18 bits per heavy atom. The molecular formula is C15H23NS. The number of benzene rings is 1. The van der Waals surface area contributed by atoms with Crippen LogP contribution in [0.15, 0.2) is 23.1 Å². The van der Waals surface area contributed by atoms with Crippen LogP contribution in [0.5, 0.6) is 0 Å². The van der Waals surface area contributed by atoms with Gasteiger partial charge in [0.2, 0.25) is 0 Å². The molecule has 1 aromatic rings. The van der Waals surface area contributed by atoms with Crippen molar-refractivity contribution in [3.05, 3.63) is 29.3 Å². The van der Waals surface area contributed by atoms with Crippen LogP contribution in [-0.4, -0.2) is 18.8 Å². The van der Waals surface area contributed by atoms with Crippen molar-refractivity contribution >= 4 is 11.8 Å². The molecule has 0 saturated heterocycles. The number of fused-ring (bicyclic) bond motifs is 1. The molecule has 0 bridgehead atoms. The fraction of sp³-hybridized carbons (Fsp3) is 0.600. The van der Waals surface area contributed by atoms with Gasteiger partial charge in [-0.2, -0.15) is 0 Å². The van der Waals surface area contributed by atoms with E-state index in [0.29, 0.717) is 0 Å². The molecule has 0 unspecified atom stereocenters. The summed E-state index contributed by atoms with van der Waals surface area (Å²) in [6, 6.07) is 7.04. The third-order valence-corrected chi connectivity index (χ3v) is 4.34. The van der Waals surface area contributed by atoms with Gasteiger partial charge in [0.05, 0.1) is 0 Å². The van der Waals surface area contributed by atoms with Gasteiger partial charge in [0.1, 0.15) is 0 Å². The van der Waals surface area contributed by atoms with Gasteiger partial charge >= 0.3 is 0 Å². The molecule has 0 heterocycles. The first kappa shape index (κ1) is 13.0. The molecule has 94 valence electrons. The summed E-state index contributed by atoms with van der Waals surface area (Å²) >= 11 is 2.00. The fourth-order valence-electron chi connectivity index (χ4n) is 2.33. The average Bonchev–Trinajstić information content (AvgIpc) is 2.81. The third-order valence-electron chi connectivity index (χ3n) is 3.26. The molecular weight excluding hydrogens is 226 g/mol. The Bertz CT molecular complexity index is 349. The van der Waals surface area contributed by atoms with Crippen LogP contribution in [0, 0.1) is 0 Å². The molecule has 1 nitrogen and oxygen atoms in total. The zero-order valence-corrected chi connectivity index (χ0v) is 11.6. The van der Waals surface area contributed by atoms with E-state index >= 15 is 0 Å². The highest BCUT2D eigenvalue weighted by Crippen LogP contribution is 2.27. The first-order valence-corrected chi connectivity index (χ1v) is 7.84. The summed E-state index contributed by atoms with van der Waals surface area (Å²) in [5, 5.41) is 3.45. The molecule has 1 aliphatic rings. The molecule has 0 amide bonds. The highest BCUT2D eigenvalue weighted by atomic mass is 32.2. The number of nitrogens with one attached hydrogen (secondary N) is 1. The largest absolute Gasteiger partial charge is 0.317 e. The second kappa shape index (κ2) is 7.07. The van der Waals surface area contributed by atoms with E-state index in [1.54, 1.807) is 11.1 Å². The van der Waals surface area contributed by atoms with Gasteiger partial charge in [-0.1, -0.05) is 13.0 Å². The van der Waals surface area contributed by atoms with Crippen molar-refractivity contribution in [1.82, 2.24) is 5.32 Å². The lowest BCUT2D eigenvalue weighted by atomic mass is 10.1. The Hall–Kier alpha value is -0.470. The maximum absolute atomic E-state index is 3.45. The second-order valence-corrected chi connectivity index (χ2v) is 5.90. The molecule has 2 heteroatoms. The fourth-order valence-corrected chi connectivity index (χ4v) is 3.24. The van der Waals surface area contributed by atoms with Gasteiger partial charge in [-0.25, -0.2) is 0 Å². The Morgan fingerprint density at radius 3 is 2.94 bits per heavy atom. The van der Waals surface area contributed by atoms with Gasteiger partial charge in [0, 0.05) is 4.90 Å². The minimum Gasteiger partial charge on any atom is -0.317 e. The predicted octanol–water partition coefficient (Wildman–Crippen LogP) is 3.66. The summed E-state index contributed by atoms with van der Waals surface area (Å²) in [6.45, 7) is 4.53. The Morgan fingerprint density at radius 2 is 2.06 bits per heavy atom. The number of aryl methyl sites for hydroxylation is 2. The molecule has 17 heavy (non-hydrogen) atoms. The Balaban J connectivity index is 1.69. The van der Waals surface area contributed by atoms with Crippen LogP contribution < -0.4 is 5.32 Å². The molecule has 0 saturated carbocycles. The van der Waals surface area contributed by atoms with Crippen LogP contribution in [0.2, 0.25) is 0 Å². The topological polar surface area (TPSA) is 12.0 Å². The van der Waals surface area contributed by atoms with Crippen LogP contribution in [0.3, 0.4) is 0 Å². The van der Waals surface area contributed by atoms with Crippen molar-refractivity contribution in [3.8, 4) is 0 Å². The predicted molar refractivity (Wildman–Crippen MR) is 77.0 cm³/mol. The lowest BCUT2D eigenvalue weighted by Crippen LogP contribution is -2.16. The summed E-state index contributed by atoms with van der Waals surface area (Å²) in [7, 11) is 0. The summed E-state index contributed by atoms with van der Waals surface area (Å²) < 4.78 is 0. The molecule has 1 N–H and O–H groups in total. The molecule has 0 radical (unpaired) electrons. The zero-order chi connectivity index (χ0) is 11.9. The smallest absolute Gasteiger partial charge is 0.00748 e. The van der Waals surface area contributed by atoms with E-state index in [1.807, 2.05) is 11.8 Å². The first-order valence-electron chi connectivity index (χ1n) is 6.85. The summed E-state index contributed by atoms with van der Waals surface area (Å²) in [5.74, 6) is 1.23. The number of thioether (sulfide) groups is 1. The third kappa shape index (κ3) is 4.04. The van der Waals surface area contributed by atoms with Crippen molar-refractivity contribution in [2.24, 2.45) is 0 Å². The van der Waals surface area contributed by atoms with E-state index in [2.05, 4.69) is 30.4 Å². The summed E-state index contributed by atoms with van der Waals surface area (Å²) in [5.41, 5.74) is 3.18. The lowest BCUT2D eigenvalue weighted by Gasteiger charge is -2.05. The molecule has 1 aliphatic carbocycles. The minimum absolute atomic E-state index is 1.16. The molecule has 1 aromatic carbocycles. The SMILES string of the molecule is CCCNCCCSc1ccc2c(c1)CCC2. The maximum atomic E-state index is 3.45. The summed E-state index contributed by atoms with van der Waals surface area (Å²) in [4.78, 5) is 1.46. The van der Waals surface area contributed by atoms with Crippen LogP contribution in [0.25, 0.3) is 0 Å². The minimum atomic E-state index is 1.16. The molecule has 0 fully saturated rings. The van der Waals surface area contributed by atoms with Gasteiger partial charge in [-0.3, -0.25) is 0 Å². The lowest BCUT2D eigenvalue weighted by molar-refractivity contribution is 0.664. The van der Waals surface area contributed by atoms with Gasteiger partial charge < -0.3 is 5.32 Å². The van der Waals surface area contributed by atoms with Gasteiger partial charge in [0.25, 0.3) is 0 Å². The van der Waals surface area contributed by atoms with Gasteiger partial charge in [-0.05, 0) is 74.2 Å². The van der Waals surface area contributed by atoms with Crippen LogP contribution in [0.4, 0.5) is 0 Å². The molecule has 0 atom stereocenters. The van der Waals surface area contributed by atoms with Gasteiger partial charge in [0.15, 0.2) is 0 Å². The second-order valence-electron chi connectivity index (χ2n) is 4.74. The Labute approximate surface area is 109 Å². The number of hydrogen-bond donors (Lipinski definition) is 1. The van der Waals surface area contributed by atoms with Crippen molar-refractivity contribution in [2.45, 2.75) is 43.9 Å². The first-order chi connectivity index (χ1) is 8.40. The monoisotopic (exact) mass is 249 g/mol. The van der Waals surface area contributed by atoms with E-state index in [4.69, 9.17) is 0 Å². The van der Waals surface area contributed by atoms with Crippen molar-refractivity contribution in [3.63, 3.8) is 0 Å². The highest BCUT2D eigenvalue weighted by molar-refractivity contribution is 7.99. The van der Waals surface area contributed by atoms with Crippen molar-refractivity contribution in [2.75, 3.05) is 18.8 Å². The molecule has 0 aliphatic heterocycles. The number of hydrogen-bond acceptors (Lipinski definition) is 2. The Kier molecular flexibility index (Phi) is 5.40. The van der Waals surface area contributed by atoms with E-state index < -0.39 is 0 Å². The normalized spacial score (nSPS) is 13.9. The maximum Gasteiger partial charge on any atom is 0.00748 e. The molecule has 0 aromatic heterocycles. The van der Waals surface area contributed by atoms with Crippen LogP contribution in [0.1, 0.15) is 37.3 Å². The van der Waals surface area contributed by atoms with Crippen molar-refractivity contribution < 1.29 is 0 Å². The summed E-state index contributed by atoms with van der Waals surface area (Å²) in [6.07, 6.45) is 6.44. The molecule has 0 spiro atoms. The highest BCUT2D eigenvalue weighted by Gasteiger charge is 2.10. The zero-order valence-electron chi connectivity index (χ0n) is 10.8. The van der Waals surface area contributed by atoms with E-state index in [1.165, 1.54) is 42.8 Å². The van der Waals surface area contributed by atoms with Crippen molar-refractivity contribution in [1.29, 1.82) is 0 Å². The van der Waals surface area contributed by atoms with E-state index in [-0.39, 0.29) is 0 Å². The van der Waals surface area contributed by atoms with E-state index in [9.17, 15) is 0 Å². The van der Waals surface area contributed by atoms with Crippen LogP contribution >= 0.6 is 11.8 Å². The molecule has 2 rings (SSSR count). The van der Waals surface area contributed by atoms with Crippen LogP contribution in [-0.2, 0) is 12.8 Å². The standard InChI is InChI=1S/C15H23NS/c1-2-9-16-10-4-11-17-15-8-7-13-5-3-6-14(13)12-15/h7-8,12,16H,2-6,9-11H2,1H3. The quantitative estimate of drug-likeness (QED) is 0.584. The van der Waals surface area contributed by atoms with Gasteiger partial charge in [-0.15, -0.1) is 11.8 Å². The average molecular weight is 249 g/mol. The van der Waals surface area contributed by atoms with E-state index in [0.717, 1.165) is 13.1 Å². The number of rotatable bonds is 7.